The molecule has 194 valence electrons. The minimum absolute atomic E-state index is 0.555. The molecule has 42 heavy (non-hydrogen) atoms. The van der Waals surface area contributed by atoms with Gasteiger partial charge in [-0.05, 0) is 35.9 Å². The number of rotatable bonds is 3. The van der Waals surface area contributed by atoms with E-state index in [0.717, 1.165) is 49.7 Å². The Labute approximate surface area is 246 Å². The molecule has 0 bridgehead atoms. The van der Waals surface area contributed by atoms with Gasteiger partial charge in [-0.25, -0.2) is 0 Å². The summed E-state index contributed by atoms with van der Waals surface area (Å²) >= 11 is 1.77. The largest absolute Gasteiger partial charge is 0.307 e. The lowest BCUT2D eigenvalue weighted by atomic mass is 9.89. The third kappa shape index (κ3) is 3.44. The van der Waals surface area contributed by atoms with E-state index in [0.29, 0.717) is 11.1 Å². The summed E-state index contributed by atoms with van der Waals surface area (Å²) in [5.41, 5.74) is 7.56. The highest BCUT2D eigenvalue weighted by atomic mass is 32.1. The van der Waals surface area contributed by atoms with Crippen molar-refractivity contribution >= 4 is 53.3 Å². The lowest BCUT2D eigenvalue weighted by molar-refractivity contribution is 1.17. The van der Waals surface area contributed by atoms with Gasteiger partial charge in [-0.3, -0.25) is 0 Å². The molecule has 0 unspecified atom stereocenters. The highest BCUT2D eigenvalue weighted by Crippen LogP contribution is 2.44. The monoisotopic (exact) mass is 551 g/mol. The zero-order valence-corrected chi connectivity index (χ0v) is 23.2. The molecule has 0 aliphatic carbocycles. The molecular formula is C38H21N3S. The average Bonchev–Trinajstić information content (AvgIpc) is 3.60. The number of benzene rings is 6. The minimum Gasteiger partial charge on any atom is -0.307 e. The van der Waals surface area contributed by atoms with E-state index in [4.69, 9.17) is 0 Å². The number of hydrogen-bond donors (Lipinski definition) is 0. The Bertz CT molecular complexity index is 2390. The molecule has 2 aromatic heterocycles. The van der Waals surface area contributed by atoms with Gasteiger partial charge in [0.15, 0.2) is 0 Å². The first-order valence-corrected chi connectivity index (χ1v) is 14.6. The van der Waals surface area contributed by atoms with Crippen molar-refractivity contribution in [3.05, 3.63) is 139 Å². The summed E-state index contributed by atoms with van der Waals surface area (Å²) in [5, 5.41) is 25.7. The Hall–Kier alpha value is -5.68. The van der Waals surface area contributed by atoms with Crippen LogP contribution in [0.2, 0.25) is 0 Å². The number of nitrogens with zero attached hydrogens (tertiary/aromatic N) is 3. The maximum Gasteiger partial charge on any atom is 0.101 e. The molecule has 8 rings (SSSR count). The van der Waals surface area contributed by atoms with Crippen LogP contribution in [0.1, 0.15) is 11.1 Å². The molecule has 0 aliphatic heterocycles. The molecule has 0 amide bonds. The van der Waals surface area contributed by atoms with E-state index in [2.05, 4.69) is 83.4 Å². The van der Waals surface area contributed by atoms with Crippen LogP contribution in [0.15, 0.2) is 127 Å². The summed E-state index contributed by atoms with van der Waals surface area (Å²) in [6.07, 6.45) is 0. The highest BCUT2D eigenvalue weighted by Gasteiger charge is 2.22. The molecule has 3 nitrogen and oxygen atoms in total. The van der Waals surface area contributed by atoms with E-state index in [-0.39, 0.29) is 0 Å². The zero-order valence-electron chi connectivity index (χ0n) is 22.4. The number of fused-ring (bicyclic) bond motifs is 6. The summed E-state index contributed by atoms with van der Waals surface area (Å²) in [6.45, 7) is 0. The molecule has 6 aromatic carbocycles. The van der Waals surface area contributed by atoms with Crippen LogP contribution in [0.4, 0.5) is 0 Å². The van der Waals surface area contributed by atoms with Gasteiger partial charge in [0.2, 0.25) is 0 Å². The maximum absolute atomic E-state index is 10.7. The van der Waals surface area contributed by atoms with E-state index < -0.39 is 0 Å². The SMILES string of the molecule is N#Cc1cccc(-c2cccc(-c3cccc4sc5ccccc5c34)c2C#N)c1-n1c2ccccc2c2ccccc21. The Morgan fingerprint density at radius 2 is 1.02 bits per heavy atom. The first kappa shape index (κ1) is 24.1. The van der Waals surface area contributed by atoms with Gasteiger partial charge in [0.05, 0.1) is 27.8 Å². The first-order chi connectivity index (χ1) is 20.8. The molecule has 0 saturated heterocycles. The number of aromatic nitrogens is 1. The molecule has 0 spiro atoms. The highest BCUT2D eigenvalue weighted by molar-refractivity contribution is 7.25. The van der Waals surface area contributed by atoms with E-state index >= 15 is 0 Å². The van der Waals surface area contributed by atoms with Crippen LogP contribution in [-0.2, 0) is 0 Å². The Morgan fingerprint density at radius 1 is 0.476 bits per heavy atom. The van der Waals surface area contributed by atoms with E-state index in [9.17, 15) is 10.5 Å². The van der Waals surface area contributed by atoms with Gasteiger partial charge < -0.3 is 4.57 Å². The molecule has 8 aromatic rings. The molecule has 0 radical (unpaired) electrons. The summed E-state index contributed by atoms with van der Waals surface area (Å²) in [6, 6.07) is 48.2. The average molecular weight is 552 g/mol. The van der Waals surface area contributed by atoms with Crippen molar-refractivity contribution in [2.24, 2.45) is 0 Å². The van der Waals surface area contributed by atoms with Crippen LogP contribution in [0.25, 0.3) is 69.9 Å². The van der Waals surface area contributed by atoms with Gasteiger partial charge in [-0.2, -0.15) is 10.5 Å². The van der Waals surface area contributed by atoms with Crippen molar-refractivity contribution < 1.29 is 0 Å². The van der Waals surface area contributed by atoms with Crippen molar-refractivity contribution in [2.75, 3.05) is 0 Å². The first-order valence-electron chi connectivity index (χ1n) is 13.7. The van der Waals surface area contributed by atoms with Crippen LogP contribution in [0.3, 0.4) is 0 Å². The van der Waals surface area contributed by atoms with Crippen LogP contribution < -0.4 is 0 Å². The zero-order chi connectivity index (χ0) is 28.2. The van der Waals surface area contributed by atoms with Crippen LogP contribution >= 0.6 is 11.3 Å². The third-order valence-corrected chi connectivity index (χ3v) is 9.26. The number of hydrogen-bond acceptors (Lipinski definition) is 3. The number of para-hydroxylation sites is 3. The fraction of sp³-hybridized carbons (Fsp3) is 0. The van der Waals surface area contributed by atoms with Crippen LogP contribution in [0.5, 0.6) is 0 Å². The van der Waals surface area contributed by atoms with Crippen LogP contribution in [0, 0.1) is 22.7 Å². The molecular weight excluding hydrogens is 531 g/mol. The second-order valence-corrected chi connectivity index (χ2v) is 11.4. The summed E-state index contributed by atoms with van der Waals surface area (Å²) < 4.78 is 4.60. The minimum atomic E-state index is 0.555. The normalized spacial score (nSPS) is 11.3. The Kier molecular flexibility index (Phi) is 5.44. The summed E-state index contributed by atoms with van der Waals surface area (Å²) in [7, 11) is 0. The Balaban J connectivity index is 1.46. The van der Waals surface area contributed by atoms with Gasteiger partial charge in [-0.1, -0.05) is 97.1 Å². The second-order valence-electron chi connectivity index (χ2n) is 10.3. The van der Waals surface area contributed by atoms with Crippen molar-refractivity contribution in [3.63, 3.8) is 0 Å². The van der Waals surface area contributed by atoms with Crippen molar-refractivity contribution in [1.82, 2.24) is 4.57 Å². The predicted octanol–water partition coefficient (Wildman–Crippen LogP) is 10.2. The van der Waals surface area contributed by atoms with E-state index in [1.165, 1.54) is 20.2 Å². The van der Waals surface area contributed by atoms with Crippen LogP contribution in [-0.4, -0.2) is 4.57 Å². The number of nitriles is 2. The Morgan fingerprint density at radius 3 is 1.74 bits per heavy atom. The molecule has 0 N–H and O–H groups in total. The summed E-state index contributed by atoms with van der Waals surface area (Å²) in [5.74, 6) is 0. The van der Waals surface area contributed by atoms with Gasteiger partial charge in [0.25, 0.3) is 0 Å². The summed E-state index contributed by atoms with van der Waals surface area (Å²) in [4.78, 5) is 0. The lowest BCUT2D eigenvalue weighted by Gasteiger charge is -2.18. The van der Waals surface area contributed by atoms with Gasteiger partial charge in [0.1, 0.15) is 12.1 Å². The van der Waals surface area contributed by atoms with Gasteiger partial charge in [0, 0.05) is 47.6 Å². The van der Waals surface area contributed by atoms with Gasteiger partial charge >= 0.3 is 0 Å². The molecule has 4 heteroatoms. The fourth-order valence-corrected chi connectivity index (χ4v) is 7.51. The van der Waals surface area contributed by atoms with Crippen molar-refractivity contribution in [3.8, 4) is 40.1 Å². The molecule has 0 atom stereocenters. The maximum atomic E-state index is 10.7. The molecule has 0 saturated carbocycles. The molecule has 0 aliphatic rings. The lowest BCUT2D eigenvalue weighted by Crippen LogP contribution is -2.02. The molecule has 2 heterocycles. The second kappa shape index (κ2) is 9.46. The number of thiophene rings is 1. The van der Waals surface area contributed by atoms with E-state index in [1.54, 1.807) is 11.3 Å². The van der Waals surface area contributed by atoms with Gasteiger partial charge in [-0.15, -0.1) is 11.3 Å². The molecule has 0 fully saturated rings. The van der Waals surface area contributed by atoms with E-state index in [1.807, 2.05) is 60.7 Å². The topological polar surface area (TPSA) is 52.5 Å². The predicted molar refractivity (Wildman–Crippen MR) is 174 cm³/mol. The quantitative estimate of drug-likeness (QED) is 0.219. The standard InChI is InChI=1S/C38H21N3S/c39-22-24-10-7-17-30(38(24)41-33-18-4-1-11-27(33)28-12-2-5-19-34(28)41)26-15-8-14-25(32(26)23-40)29-16-9-21-36-37(29)31-13-3-6-20-35(31)42-36/h1-21H. The van der Waals surface area contributed by atoms with Crippen molar-refractivity contribution in [1.29, 1.82) is 10.5 Å². The smallest absolute Gasteiger partial charge is 0.101 e. The third-order valence-electron chi connectivity index (χ3n) is 8.12. The fourth-order valence-electron chi connectivity index (χ4n) is 6.38. The van der Waals surface area contributed by atoms with Crippen molar-refractivity contribution in [2.45, 2.75) is 0 Å².